The van der Waals surface area contributed by atoms with Gasteiger partial charge < -0.3 is 16.4 Å². The Bertz CT molecular complexity index is 881. The molecule has 0 saturated carbocycles. The molecular weight excluding hydrogens is 389 g/mol. The van der Waals surface area contributed by atoms with Crippen LogP contribution in [-0.2, 0) is 6.42 Å². The molecule has 0 bridgehead atoms. The van der Waals surface area contributed by atoms with E-state index >= 15 is 0 Å². The maximum Gasteiger partial charge on any atom is 0.191 e. The van der Waals surface area contributed by atoms with Gasteiger partial charge in [-0.05, 0) is 57.2 Å². The number of nitrogens with zero attached hydrogens (tertiary/aromatic N) is 4. The van der Waals surface area contributed by atoms with Crippen LogP contribution in [0, 0.1) is 17.1 Å². The molecule has 2 rings (SSSR count). The van der Waals surface area contributed by atoms with E-state index in [1.165, 1.54) is 16.8 Å². The Hall–Kier alpha value is -2.73. The molecule has 0 amide bonds. The lowest BCUT2D eigenvalue weighted by molar-refractivity contribution is 0.627. The first-order valence-corrected chi connectivity index (χ1v) is 10.6. The van der Waals surface area contributed by atoms with Gasteiger partial charge in [-0.1, -0.05) is 0 Å². The Labute approximate surface area is 175 Å². The Morgan fingerprint density at radius 3 is 2.62 bits per heavy atom. The molecule has 0 radical (unpaired) electrons. The third kappa shape index (κ3) is 6.12. The van der Waals surface area contributed by atoms with Gasteiger partial charge in [0.1, 0.15) is 23.3 Å². The summed E-state index contributed by atoms with van der Waals surface area (Å²) in [7, 11) is 1.74. The topological polar surface area (TPSA) is 104 Å². The van der Waals surface area contributed by atoms with Crippen molar-refractivity contribution in [2.75, 3.05) is 32.1 Å². The highest BCUT2D eigenvalue weighted by molar-refractivity contribution is 7.99. The van der Waals surface area contributed by atoms with Crippen LogP contribution in [-0.4, -0.2) is 46.9 Å². The number of benzene rings is 1. The van der Waals surface area contributed by atoms with Gasteiger partial charge in [0.15, 0.2) is 5.96 Å². The molecule has 9 heteroatoms. The number of hydrogen-bond acceptors (Lipinski definition) is 5. The zero-order valence-electron chi connectivity index (χ0n) is 17.3. The molecule has 7 nitrogen and oxygen atoms in total. The fourth-order valence-electron chi connectivity index (χ4n) is 2.61. The van der Waals surface area contributed by atoms with E-state index < -0.39 is 0 Å². The number of thioether (sulfide) groups is 1. The summed E-state index contributed by atoms with van der Waals surface area (Å²) in [5.41, 5.74) is 7.69. The average Bonchev–Trinajstić information content (AvgIpc) is 3.03. The van der Waals surface area contributed by atoms with Crippen molar-refractivity contribution in [3.05, 3.63) is 41.3 Å². The van der Waals surface area contributed by atoms with E-state index in [0.717, 1.165) is 18.9 Å². The summed E-state index contributed by atoms with van der Waals surface area (Å²) in [5.74, 6) is 0.664. The van der Waals surface area contributed by atoms with Crippen molar-refractivity contribution < 1.29 is 4.39 Å². The molecule has 2 aromatic rings. The van der Waals surface area contributed by atoms with Crippen LogP contribution in [0.15, 0.2) is 29.3 Å². The first-order chi connectivity index (χ1) is 13.8. The molecule has 156 valence electrons. The Balaban J connectivity index is 1.96. The summed E-state index contributed by atoms with van der Waals surface area (Å²) < 4.78 is 14.8. The van der Waals surface area contributed by atoms with E-state index in [1.807, 2.05) is 0 Å². The van der Waals surface area contributed by atoms with Gasteiger partial charge in [-0.2, -0.15) is 22.1 Å². The second-order valence-electron chi connectivity index (χ2n) is 7.13. The smallest absolute Gasteiger partial charge is 0.191 e. The summed E-state index contributed by atoms with van der Waals surface area (Å²) >= 11 is 1.79. The molecule has 4 N–H and O–H groups in total. The third-order valence-electron chi connectivity index (χ3n) is 4.52. The van der Waals surface area contributed by atoms with Gasteiger partial charge in [0.05, 0.1) is 11.4 Å². The van der Waals surface area contributed by atoms with E-state index in [4.69, 9.17) is 5.73 Å². The van der Waals surface area contributed by atoms with E-state index in [1.54, 1.807) is 30.9 Å². The van der Waals surface area contributed by atoms with E-state index in [0.29, 0.717) is 29.9 Å². The number of nitriles is 1. The zero-order valence-corrected chi connectivity index (χ0v) is 18.1. The number of nitrogen functional groups attached to an aromatic ring is 1. The summed E-state index contributed by atoms with van der Waals surface area (Å²) in [4.78, 5) is 4.23. The molecule has 29 heavy (non-hydrogen) atoms. The predicted octanol–water partition coefficient (Wildman–Crippen LogP) is 2.70. The molecule has 0 spiro atoms. The number of aromatic nitrogens is 2. The Morgan fingerprint density at radius 2 is 2.03 bits per heavy atom. The van der Waals surface area contributed by atoms with Crippen LogP contribution in [0.4, 0.5) is 10.2 Å². The molecule has 0 fully saturated rings. The number of aliphatic imine (C=N–C) groups is 1. The number of nitrogens with two attached hydrogens (primary N) is 1. The number of hydrogen-bond donors (Lipinski definition) is 3. The molecule has 0 unspecified atom stereocenters. The highest BCUT2D eigenvalue weighted by atomic mass is 32.2. The highest BCUT2D eigenvalue weighted by Crippen LogP contribution is 2.22. The van der Waals surface area contributed by atoms with Crippen LogP contribution in [0.1, 0.15) is 31.5 Å². The molecule has 0 aliphatic carbocycles. The lowest BCUT2D eigenvalue weighted by Crippen LogP contribution is -2.43. The number of halogens is 1. The molecule has 0 aliphatic rings. The molecule has 0 saturated heterocycles. The van der Waals surface area contributed by atoms with Crippen LogP contribution in [0.25, 0.3) is 5.69 Å². The Kier molecular flexibility index (Phi) is 7.91. The molecule has 1 heterocycles. The van der Waals surface area contributed by atoms with E-state index in [2.05, 4.69) is 46.9 Å². The van der Waals surface area contributed by atoms with Crippen molar-refractivity contribution in [2.24, 2.45) is 4.99 Å². The average molecular weight is 418 g/mol. The standard InChI is InChI=1S/C20H28FN7S/c1-20(2,29-4)13-26-19(24-3)25-11-5-6-17-16(12-22)18(23)28(27-17)15-9-7-14(21)8-10-15/h7-10H,5-6,11,13,23H2,1-4H3,(H2,24,25,26). The number of nitrogens with one attached hydrogen (secondary N) is 2. The SMILES string of the molecule is CN=C(NCCCc1nn(-c2ccc(F)cc2)c(N)c1C#N)NCC(C)(C)SC. The maximum absolute atomic E-state index is 13.2. The van der Waals surface area contributed by atoms with Crippen molar-refractivity contribution >= 4 is 23.5 Å². The Morgan fingerprint density at radius 1 is 1.34 bits per heavy atom. The fourth-order valence-corrected chi connectivity index (χ4v) is 2.82. The van der Waals surface area contributed by atoms with Gasteiger partial charge in [-0.3, -0.25) is 4.99 Å². The van der Waals surface area contributed by atoms with Crippen LogP contribution < -0.4 is 16.4 Å². The number of guanidine groups is 1. The second kappa shape index (κ2) is 10.2. The monoisotopic (exact) mass is 417 g/mol. The van der Waals surface area contributed by atoms with Gasteiger partial charge in [-0.25, -0.2) is 9.07 Å². The van der Waals surface area contributed by atoms with Gasteiger partial charge in [0.2, 0.25) is 0 Å². The molecular formula is C20H28FN7S. The summed E-state index contributed by atoms with van der Waals surface area (Å²) in [5, 5.41) is 20.5. The van der Waals surface area contributed by atoms with Crippen molar-refractivity contribution in [3.63, 3.8) is 0 Å². The molecule has 1 aromatic heterocycles. The molecule has 0 aliphatic heterocycles. The van der Waals surface area contributed by atoms with Crippen LogP contribution in [0.5, 0.6) is 0 Å². The quantitative estimate of drug-likeness (QED) is 0.347. The second-order valence-corrected chi connectivity index (χ2v) is 8.64. The maximum atomic E-state index is 13.2. The first kappa shape index (κ1) is 22.6. The molecule has 0 atom stereocenters. The van der Waals surface area contributed by atoms with E-state index in [9.17, 15) is 9.65 Å². The molecule has 1 aromatic carbocycles. The van der Waals surface area contributed by atoms with Crippen LogP contribution in [0.3, 0.4) is 0 Å². The number of anilines is 1. The summed E-state index contributed by atoms with van der Waals surface area (Å²) in [6.45, 7) is 5.81. The minimum atomic E-state index is -0.339. The lowest BCUT2D eigenvalue weighted by atomic mass is 10.1. The number of rotatable bonds is 8. The minimum Gasteiger partial charge on any atom is -0.382 e. The highest BCUT2D eigenvalue weighted by Gasteiger charge is 2.17. The van der Waals surface area contributed by atoms with Crippen LogP contribution in [0.2, 0.25) is 0 Å². The first-order valence-electron chi connectivity index (χ1n) is 9.34. The fraction of sp³-hybridized carbons (Fsp3) is 0.450. The van der Waals surface area contributed by atoms with Crippen molar-refractivity contribution in [3.8, 4) is 11.8 Å². The van der Waals surface area contributed by atoms with Crippen molar-refractivity contribution in [1.82, 2.24) is 20.4 Å². The van der Waals surface area contributed by atoms with Crippen molar-refractivity contribution in [1.29, 1.82) is 5.26 Å². The van der Waals surface area contributed by atoms with Gasteiger partial charge >= 0.3 is 0 Å². The number of aryl methyl sites for hydroxylation is 1. The van der Waals surface area contributed by atoms with Gasteiger partial charge in [-0.15, -0.1) is 0 Å². The van der Waals surface area contributed by atoms with Crippen molar-refractivity contribution in [2.45, 2.75) is 31.4 Å². The zero-order chi connectivity index (χ0) is 21.4. The van der Waals surface area contributed by atoms with E-state index in [-0.39, 0.29) is 16.4 Å². The third-order valence-corrected chi connectivity index (χ3v) is 5.77. The van der Waals surface area contributed by atoms with Crippen LogP contribution >= 0.6 is 11.8 Å². The summed E-state index contributed by atoms with van der Waals surface area (Å²) in [6.07, 6.45) is 3.42. The normalized spacial score (nSPS) is 11.9. The lowest BCUT2D eigenvalue weighted by Gasteiger charge is -2.23. The van der Waals surface area contributed by atoms with Gasteiger partial charge in [0, 0.05) is 24.9 Å². The van der Waals surface area contributed by atoms with Gasteiger partial charge in [0.25, 0.3) is 0 Å². The summed E-state index contributed by atoms with van der Waals surface area (Å²) in [6, 6.07) is 7.96. The predicted molar refractivity (Wildman–Crippen MR) is 118 cm³/mol. The largest absolute Gasteiger partial charge is 0.382 e. The minimum absolute atomic E-state index is 0.115.